The van der Waals surface area contributed by atoms with E-state index in [9.17, 15) is 4.79 Å². The summed E-state index contributed by atoms with van der Waals surface area (Å²) >= 11 is 0. The van der Waals surface area contributed by atoms with Gasteiger partial charge in [-0.1, -0.05) is 13.3 Å². The Labute approximate surface area is 163 Å². The normalized spacial score (nSPS) is 22.1. The first-order valence-corrected chi connectivity index (χ1v) is 10.7. The van der Waals surface area contributed by atoms with E-state index >= 15 is 0 Å². The number of amides is 2. The highest BCUT2D eigenvalue weighted by Crippen LogP contribution is 2.22. The van der Waals surface area contributed by atoms with Crippen molar-refractivity contribution in [2.45, 2.75) is 58.0 Å². The van der Waals surface area contributed by atoms with Crippen molar-refractivity contribution < 1.29 is 4.79 Å². The lowest BCUT2D eigenvalue weighted by Crippen LogP contribution is -2.49. The number of urea groups is 1. The molecule has 2 amide bonds. The van der Waals surface area contributed by atoms with Crippen molar-refractivity contribution >= 4 is 11.8 Å². The number of likely N-dealkylation sites (N-methyl/N-ethyl adjacent to an activating group) is 1. The average molecular weight is 377 g/mol. The third-order valence-corrected chi connectivity index (χ3v) is 5.94. The minimum absolute atomic E-state index is 0.0383. The molecule has 2 saturated heterocycles. The fourth-order valence-corrected chi connectivity index (χ4v) is 4.08. The largest absolute Gasteiger partial charge is 0.323 e. The first kappa shape index (κ1) is 20.1. The van der Waals surface area contributed by atoms with Crippen LogP contribution in [0.4, 0.5) is 10.6 Å². The van der Waals surface area contributed by atoms with Crippen molar-refractivity contribution in [3.05, 3.63) is 12.3 Å². The van der Waals surface area contributed by atoms with Gasteiger partial charge in [0.05, 0.1) is 6.20 Å². The minimum atomic E-state index is 0.0383. The smallest absolute Gasteiger partial charge is 0.321 e. The molecule has 0 aliphatic carbocycles. The molecule has 3 heterocycles. The Morgan fingerprint density at radius 1 is 1.19 bits per heavy atom. The number of hydrogen-bond donors (Lipinski definition) is 1. The van der Waals surface area contributed by atoms with Gasteiger partial charge in [-0.2, -0.15) is 5.10 Å². The molecule has 0 spiro atoms. The van der Waals surface area contributed by atoms with E-state index < -0.39 is 0 Å². The molecule has 27 heavy (non-hydrogen) atoms. The molecular weight excluding hydrogens is 340 g/mol. The lowest BCUT2D eigenvalue weighted by atomic mass is 9.99. The summed E-state index contributed by atoms with van der Waals surface area (Å²) in [7, 11) is 2.19. The van der Waals surface area contributed by atoms with E-state index in [0.717, 1.165) is 83.7 Å². The second-order valence-corrected chi connectivity index (χ2v) is 8.00. The number of unbranched alkanes of at least 4 members (excludes halogenated alkanes) is 1. The zero-order valence-corrected chi connectivity index (χ0v) is 17.1. The molecule has 0 bridgehead atoms. The van der Waals surface area contributed by atoms with Gasteiger partial charge in [0.2, 0.25) is 0 Å². The maximum atomic E-state index is 12.9. The molecule has 1 N–H and O–H groups in total. The Bertz CT molecular complexity index is 581. The van der Waals surface area contributed by atoms with Gasteiger partial charge in [0, 0.05) is 57.9 Å². The summed E-state index contributed by atoms with van der Waals surface area (Å²) in [6.07, 6.45) is 8.49. The molecule has 0 saturated carbocycles. The standard InChI is InChI=1S/C20H36N6O/c1-3-4-12-26-19(8-10-21-26)22-20(27)25-11-6-5-7-18(25)9-13-24-16-14-23(2)15-17-24/h8,10,18H,3-7,9,11-17H2,1-2H3,(H,22,27). The zero-order valence-electron chi connectivity index (χ0n) is 17.1. The molecular formula is C20H36N6O. The molecule has 7 heteroatoms. The van der Waals surface area contributed by atoms with Gasteiger partial charge in [0.25, 0.3) is 0 Å². The Morgan fingerprint density at radius 3 is 2.78 bits per heavy atom. The molecule has 0 radical (unpaired) electrons. The molecule has 1 unspecified atom stereocenters. The maximum Gasteiger partial charge on any atom is 0.323 e. The number of piperidine rings is 1. The van der Waals surface area contributed by atoms with Gasteiger partial charge in [-0.25, -0.2) is 9.48 Å². The number of rotatable bonds is 7. The number of nitrogens with one attached hydrogen (secondary N) is 1. The summed E-state index contributed by atoms with van der Waals surface area (Å²) in [5.41, 5.74) is 0. The second-order valence-electron chi connectivity index (χ2n) is 8.00. The van der Waals surface area contributed by atoms with Crippen LogP contribution in [0.25, 0.3) is 0 Å². The van der Waals surface area contributed by atoms with Crippen LogP contribution < -0.4 is 5.32 Å². The minimum Gasteiger partial charge on any atom is -0.321 e. The van der Waals surface area contributed by atoms with E-state index in [1.54, 1.807) is 6.20 Å². The maximum absolute atomic E-state index is 12.9. The molecule has 2 aliphatic rings. The van der Waals surface area contributed by atoms with Crippen molar-refractivity contribution in [2.75, 3.05) is 51.6 Å². The van der Waals surface area contributed by atoms with E-state index in [1.807, 2.05) is 10.7 Å². The van der Waals surface area contributed by atoms with Crippen LogP contribution in [0.1, 0.15) is 45.4 Å². The van der Waals surface area contributed by atoms with E-state index in [-0.39, 0.29) is 6.03 Å². The lowest BCUT2D eigenvalue weighted by Gasteiger charge is -2.38. The third kappa shape index (κ3) is 5.69. The Morgan fingerprint density at radius 2 is 2.00 bits per heavy atom. The fraction of sp³-hybridized carbons (Fsp3) is 0.800. The van der Waals surface area contributed by atoms with Gasteiger partial charge in [-0.05, 0) is 39.2 Å². The summed E-state index contributed by atoms with van der Waals surface area (Å²) in [6, 6.07) is 2.29. The number of anilines is 1. The first-order chi connectivity index (χ1) is 13.2. The Hall–Kier alpha value is -1.60. The number of nitrogens with zero attached hydrogens (tertiary/aromatic N) is 5. The van der Waals surface area contributed by atoms with E-state index in [4.69, 9.17) is 0 Å². The van der Waals surface area contributed by atoms with Gasteiger partial charge in [0.1, 0.15) is 5.82 Å². The average Bonchev–Trinajstić information content (AvgIpc) is 3.13. The summed E-state index contributed by atoms with van der Waals surface area (Å²) in [4.78, 5) is 19.9. The van der Waals surface area contributed by atoms with Gasteiger partial charge in [0.15, 0.2) is 0 Å². The van der Waals surface area contributed by atoms with Gasteiger partial charge >= 0.3 is 6.03 Å². The highest BCUT2D eigenvalue weighted by molar-refractivity contribution is 5.88. The van der Waals surface area contributed by atoms with Crippen molar-refractivity contribution in [3.63, 3.8) is 0 Å². The Balaban J connectivity index is 1.53. The number of carbonyl (C=O) groups excluding carboxylic acids is 1. The predicted octanol–water partition coefficient (Wildman–Crippen LogP) is 2.71. The van der Waals surface area contributed by atoms with Gasteiger partial charge < -0.3 is 14.7 Å². The molecule has 1 aromatic heterocycles. The molecule has 2 aliphatic heterocycles. The zero-order chi connectivity index (χ0) is 19.1. The van der Waals surface area contributed by atoms with Gasteiger partial charge in [-0.3, -0.25) is 5.32 Å². The molecule has 2 fully saturated rings. The summed E-state index contributed by atoms with van der Waals surface area (Å²) < 4.78 is 1.91. The molecule has 1 atom stereocenters. The highest BCUT2D eigenvalue weighted by Gasteiger charge is 2.28. The number of hydrogen-bond acceptors (Lipinski definition) is 4. The van der Waals surface area contributed by atoms with Crippen LogP contribution in [0.3, 0.4) is 0 Å². The van der Waals surface area contributed by atoms with E-state index in [2.05, 4.69) is 39.1 Å². The SMILES string of the molecule is CCCCn1nccc1NC(=O)N1CCCCC1CCN1CCN(C)CC1. The summed E-state index contributed by atoms with van der Waals surface area (Å²) in [5.74, 6) is 0.817. The number of aromatic nitrogens is 2. The summed E-state index contributed by atoms with van der Waals surface area (Å²) in [6.45, 7) is 9.57. The molecule has 7 nitrogen and oxygen atoms in total. The van der Waals surface area contributed by atoms with Crippen LogP contribution in [0.5, 0.6) is 0 Å². The van der Waals surface area contributed by atoms with Crippen LogP contribution in [-0.2, 0) is 6.54 Å². The van der Waals surface area contributed by atoms with Crippen LogP contribution in [-0.4, -0.2) is 82.9 Å². The van der Waals surface area contributed by atoms with E-state index in [1.165, 1.54) is 6.42 Å². The lowest BCUT2D eigenvalue weighted by molar-refractivity contribution is 0.122. The second kappa shape index (κ2) is 10.1. The van der Waals surface area contributed by atoms with Crippen LogP contribution in [0.2, 0.25) is 0 Å². The number of likely N-dealkylation sites (tertiary alicyclic amines) is 1. The van der Waals surface area contributed by atoms with Crippen LogP contribution >= 0.6 is 0 Å². The highest BCUT2D eigenvalue weighted by atomic mass is 16.2. The fourth-order valence-electron chi connectivity index (χ4n) is 4.08. The van der Waals surface area contributed by atoms with Crippen LogP contribution in [0.15, 0.2) is 12.3 Å². The van der Waals surface area contributed by atoms with Gasteiger partial charge in [-0.15, -0.1) is 0 Å². The molecule has 1 aromatic rings. The summed E-state index contributed by atoms with van der Waals surface area (Å²) in [5, 5.41) is 7.46. The van der Waals surface area contributed by atoms with Crippen molar-refractivity contribution in [1.29, 1.82) is 0 Å². The Kier molecular flexibility index (Phi) is 7.52. The van der Waals surface area contributed by atoms with Crippen molar-refractivity contribution in [1.82, 2.24) is 24.5 Å². The topological polar surface area (TPSA) is 56.6 Å². The third-order valence-electron chi connectivity index (χ3n) is 5.94. The predicted molar refractivity (Wildman–Crippen MR) is 109 cm³/mol. The quantitative estimate of drug-likeness (QED) is 0.795. The monoisotopic (exact) mass is 376 g/mol. The molecule has 152 valence electrons. The van der Waals surface area contributed by atoms with E-state index in [0.29, 0.717) is 6.04 Å². The van der Waals surface area contributed by atoms with Crippen molar-refractivity contribution in [3.8, 4) is 0 Å². The van der Waals surface area contributed by atoms with Crippen molar-refractivity contribution in [2.24, 2.45) is 0 Å². The van der Waals surface area contributed by atoms with Crippen LogP contribution in [0, 0.1) is 0 Å². The first-order valence-electron chi connectivity index (χ1n) is 10.7. The number of piperazine rings is 1. The number of carbonyl (C=O) groups is 1. The number of aryl methyl sites for hydroxylation is 1. The molecule has 3 rings (SSSR count). The molecule has 0 aromatic carbocycles.